The summed E-state index contributed by atoms with van der Waals surface area (Å²) in [4.78, 5) is 11.3. The predicted octanol–water partition coefficient (Wildman–Crippen LogP) is -2.82. The molecule has 0 saturated heterocycles. The minimum absolute atomic E-state index is 0. The summed E-state index contributed by atoms with van der Waals surface area (Å²) >= 11 is 0. The molecular weight excluding hydrogens is 896 g/mol. The molecule has 3 N–H and O–H groups in total. The maximum absolute atomic E-state index is 12.8. The van der Waals surface area contributed by atoms with Gasteiger partial charge in [0.2, 0.25) is 5.78 Å². The monoisotopic (exact) mass is 919 g/mol. The molecule has 18 nitrogen and oxygen atoms in total. The summed E-state index contributed by atoms with van der Waals surface area (Å²) in [6.07, 6.45) is 2.41. The number of nitrogens with one attached hydrogen (secondary N) is 2. The molecule has 6 aromatic rings. The average Bonchev–Trinajstić information content (AvgIpc) is 3.18. The van der Waals surface area contributed by atoms with Crippen molar-refractivity contribution in [1.82, 2.24) is 0 Å². The Morgan fingerprint density at radius 2 is 1.13 bits per heavy atom. The van der Waals surface area contributed by atoms with Crippen LogP contribution in [0.2, 0.25) is 0 Å². The second kappa shape index (κ2) is 20.3. The van der Waals surface area contributed by atoms with Crippen molar-refractivity contribution >= 4 is 104 Å². The molecule has 0 aliphatic heterocycles. The van der Waals surface area contributed by atoms with Crippen LogP contribution in [0.25, 0.3) is 27.6 Å². The zero-order valence-corrected chi connectivity index (χ0v) is 41.1. The average molecular weight is 920 g/mol. The van der Waals surface area contributed by atoms with E-state index in [-0.39, 0.29) is 151 Å². The van der Waals surface area contributed by atoms with E-state index in [2.05, 4.69) is 31.0 Å². The topological polar surface area (TPSA) is 307 Å². The number of benzene rings is 6. The standard InChI is InChI=1S/C38H27N7O11S3.3Na/c39-37(47)17-21-1-4-23(5-2-21)40-41-32-12-14-34(30-19-25(58(51,52)53)7-10-28(30)32)42-43-35-15-13-33(29-11-8-26(20-31(29)35)59(54,55)56)44-45-38-27-9-6-24(57(48,49)50)18-22(27)3-16-36(38)46;;;/h1-16,18-20,44H,17H2,(H2,39,47)(H,48,49,50)(H,51,52,53)(H,54,55,56);;;/q;3*+1/p-3/b41-40?,43-42?,45-38-;;;. The summed E-state index contributed by atoms with van der Waals surface area (Å²) in [6.45, 7) is 0. The minimum atomic E-state index is -4.93. The van der Waals surface area contributed by atoms with Crippen molar-refractivity contribution in [3.05, 3.63) is 126 Å². The number of ketones is 1. The summed E-state index contributed by atoms with van der Waals surface area (Å²) in [7, 11) is -14.4. The Kier molecular flexibility index (Phi) is 16.6. The Labute approximate surface area is 420 Å². The number of allylic oxidation sites excluding steroid dienone is 1. The number of carbonyl (C=O) groups is 1. The molecule has 0 amide bonds. The quantitative estimate of drug-likeness (QED) is 0.0296. The molecule has 1 aliphatic carbocycles. The first-order chi connectivity index (χ1) is 27.8. The molecular formula is C38H24N7Na3O11S3. The van der Waals surface area contributed by atoms with E-state index in [1.54, 1.807) is 24.3 Å². The molecule has 62 heavy (non-hydrogen) atoms. The van der Waals surface area contributed by atoms with Crippen molar-refractivity contribution in [2.45, 2.75) is 21.1 Å². The van der Waals surface area contributed by atoms with Gasteiger partial charge in [0.1, 0.15) is 25.9 Å². The SMILES string of the molecule is N=C([O-])Cc1ccc(N=Nc2ccc(N=Nc3ccc(N/N=C4\C(=O)C=Cc5cc(S(=O)(=O)[O-])ccc54)c4ccc(S(=O)(=O)O)cc34)c3cc(S(=O)(=O)[O-])ccc23)cc1.[Na+].[Na+].[Na+]. The summed E-state index contributed by atoms with van der Waals surface area (Å²) in [6, 6.07) is 22.8. The van der Waals surface area contributed by atoms with Crippen LogP contribution in [0.15, 0.2) is 149 Å². The zero-order valence-electron chi connectivity index (χ0n) is 32.7. The van der Waals surface area contributed by atoms with Crippen LogP contribution < -0.4 is 99.2 Å². The van der Waals surface area contributed by atoms with E-state index in [4.69, 9.17) is 5.41 Å². The molecule has 0 fully saturated rings. The third-order valence-corrected chi connectivity index (χ3v) is 11.3. The first-order valence-corrected chi connectivity index (χ1v) is 21.0. The molecule has 0 spiro atoms. The fourth-order valence-corrected chi connectivity index (χ4v) is 7.54. The van der Waals surface area contributed by atoms with E-state index in [0.29, 0.717) is 16.6 Å². The van der Waals surface area contributed by atoms with Crippen molar-refractivity contribution in [2.24, 2.45) is 25.6 Å². The molecule has 0 atom stereocenters. The van der Waals surface area contributed by atoms with Crippen LogP contribution >= 0.6 is 0 Å². The molecule has 0 radical (unpaired) electrons. The van der Waals surface area contributed by atoms with Crippen LogP contribution in [-0.2, 0) is 41.6 Å². The van der Waals surface area contributed by atoms with Crippen molar-refractivity contribution < 1.29 is 137 Å². The number of hydrogen-bond donors (Lipinski definition) is 3. The Hall–Kier alpha value is -3.88. The maximum Gasteiger partial charge on any atom is 1.00 e. The number of hydrazone groups is 1. The van der Waals surface area contributed by atoms with Gasteiger partial charge in [-0.15, -0.1) is 15.3 Å². The Morgan fingerprint density at radius 3 is 1.74 bits per heavy atom. The second-order valence-electron chi connectivity index (χ2n) is 12.7. The van der Waals surface area contributed by atoms with Crippen molar-refractivity contribution in [1.29, 1.82) is 5.41 Å². The van der Waals surface area contributed by atoms with Crippen molar-refractivity contribution in [3.63, 3.8) is 0 Å². The van der Waals surface area contributed by atoms with Crippen LogP contribution in [0.3, 0.4) is 0 Å². The van der Waals surface area contributed by atoms with Gasteiger partial charge in [0.25, 0.3) is 10.1 Å². The summed E-state index contributed by atoms with van der Waals surface area (Å²) in [5, 5.41) is 40.4. The van der Waals surface area contributed by atoms with Gasteiger partial charge in [-0.25, -0.2) is 16.8 Å². The van der Waals surface area contributed by atoms with Gasteiger partial charge < -0.3 is 19.6 Å². The molecule has 0 aromatic heterocycles. The van der Waals surface area contributed by atoms with Crippen molar-refractivity contribution in [2.75, 3.05) is 5.43 Å². The van der Waals surface area contributed by atoms with Gasteiger partial charge in [-0.05, 0) is 102 Å². The number of azo groups is 2. The number of hydrogen-bond acceptors (Lipinski definition) is 17. The molecule has 6 aromatic carbocycles. The van der Waals surface area contributed by atoms with Gasteiger partial charge in [0.05, 0.1) is 43.1 Å². The van der Waals surface area contributed by atoms with Crippen molar-refractivity contribution in [3.8, 4) is 0 Å². The number of carbonyl (C=O) groups excluding carboxylic acids is 1. The summed E-state index contributed by atoms with van der Waals surface area (Å²) < 4.78 is 105. The Balaban J connectivity index is 0.00000282. The maximum atomic E-state index is 12.8. The minimum Gasteiger partial charge on any atom is -0.862 e. The third kappa shape index (κ3) is 11.6. The third-order valence-electron chi connectivity index (χ3n) is 8.84. The molecule has 0 bridgehead atoms. The van der Waals surface area contributed by atoms with Crippen LogP contribution in [0.1, 0.15) is 16.7 Å². The van der Waals surface area contributed by atoms with Gasteiger partial charge in [-0.3, -0.25) is 14.8 Å². The normalized spacial score (nSPS) is 13.5. The number of fused-ring (bicyclic) bond motifs is 3. The number of nitrogens with zero attached hydrogens (tertiary/aromatic N) is 5. The second-order valence-corrected chi connectivity index (χ2v) is 16.9. The van der Waals surface area contributed by atoms with E-state index >= 15 is 0 Å². The van der Waals surface area contributed by atoms with Gasteiger partial charge in [-0.1, -0.05) is 36.4 Å². The van der Waals surface area contributed by atoms with Gasteiger partial charge in [0, 0.05) is 27.1 Å². The first kappa shape index (κ1) is 50.8. The Morgan fingerprint density at radius 1 is 0.613 bits per heavy atom. The summed E-state index contributed by atoms with van der Waals surface area (Å²) in [5.74, 6) is -1.30. The zero-order chi connectivity index (χ0) is 42.3. The molecule has 0 unspecified atom stereocenters. The fourth-order valence-electron chi connectivity index (χ4n) is 6.03. The molecule has 24 heteroatoms. The molecule has 1 aliphatic rings. The van der Waals surface area contributed by atoms with Gasteiger partial charge in [0.15, 0.2) is 0 Å². The molecule has 298 valence electrons. The van der Waals surface area contributed by atoms with Crippen LogP contribution in [0, 0.1) is 5.41 Å². The first-order valence-electron chi connectivity index (χ1n) is 16.8. The van der Waals surface area contributed by atoms with Gasteiger partial charge >= 0.3 is 88.7 Å². The van der Waals surface area contributed by atoms with E-state index in [1.165, 1.54) is 48.5 Å². The fraction of sp³-hybridized carbons (Fsp3) is 0.0263. The van der Waals surface area contributed by atoms with Crippen LogP contribution in [0.5, 0.6) is 0 Å². The Bertz CT molecular complexity index is 3260. The van der Waals surface area contributed by atoms with E-state index < -0.39 is 56.7 Å². The van der Waals surface area contributed by atoms with Gasteiger partial charge in [-0.2, -0.15) is 18.6 Å². The number of anilines is 1. The van der Waals surface area contributed by atoms with E-state index in [9.17, 15) is 48.8 Å². The van der Waals surface area contributed by atoms with E-state index in [0.717, 1.165) is 42.5 Å². The van der Waals surface area contributed by atoms with E-state index in [1.807, 2.05) is 0 Å². The number of rotatable bonds is 11. The largest absolute Gasteiger partial charge is 1.00 e. The molecule has 0 saturated carbocycles. The molecule has 0 heterocycles. The summed E-state index contributed by atoms with van der Waals surface area (Å²) in [5.41, 5.74) is 4.71. The van der Waals surface area contributed by atoms with Crippen LogP contribution in [0.4, 0.5) is 28.4 Å². The van der Waals surface area contributed by atoms with Crippen LogP contribution in [-0.4, -0.2) is 56.3 Å². The predicted molar refractivity (Wildman–Crippen MR) is 211 cm³/mol. The smallest absolute Gasteiger partial charge is 0.862 e. The molecule has 7 rings (SSSR count).